The third-order valence-corrected chi connectivity index (χ3v) is 6.00. The van der Waals surface area contributed by atoms with Crippen LogP contribution >= 0.6 is 11.8 Å². The van der Waals surface area contributed by atoms with Crippen molar-refractivity contribution in [1.29, 1.82) is 0 Å². The largest absolute Gasteiger partial charge is 0.492 e. The van der Waals surface area contributed by atoms with Gasteiger partial charge in [0.25, 0.3) is 0 Å². The van der Waals surface area contributed by atoms with Crippen molar-refractivity contribution in [3.63, 3.8) is 0 Å². The maximum absolute atomic E-state index is 11.9. The molecule has 0 unspecified atom stereocenters. The first-order chi connectivity index (χ1) is 17.7. The zero-order chi connectivity index (χ0) is 26.9. The Morgan fingerprint density at radius 3 is 1.59 bits per heavy atom. The molecule has 0 saturated heterocycles. The number of hydrogen-bond acceptors (Lipinski definition) is 7. The van der Waals surface area contributed by atoms with Gasteiger partial charge >= 0.3 is 11.9 Å². The van der Waals surface area contributed by atoms with Gasteiger partial charge in [0.2, 0.25) is 0 Å². The number of rotatable bonds is 11. The summed E-state index contributed by atoms with van der Waals surface area (Å²) in [5.74, 6) is 0.528. The predicted molar refractivity (Wildman–Crippen MR) is 147 cm³/mol. The lowest BCUT2D eigenvalue weighted by atomic mass is 9.97. The molecule has 1 N–H and O–H groups in total. The second-order valence-corrected chi connectivity index (χ2v) is 9.25. The number of carbonyl (C=O) groups is 2. The number of aliphatic hydroxyl groups excluding tert-OH is 1. The lowest BCUT2D eigenvalue weighted by molar-refractivity contribution is -0.130. The highest BCUT2D eigenvalue weighted by molar-refractivity contribution is 7.98. The zero-order valence-corrected chi connectivity index (χ0v) is 22.0. The van der Waals surface area contributed by atoms with Crippen molar-refractivity contribution in [2.24, 2.45) is 0 Å². The van der Waals surface area contributed by atoms with Gasteiger partial charge in [-0.1, -0.05) is 37.4 Å². The topological polar surface area (TPSA) is 82.1 Å². The van der Waals surface area contributed by atoms with E-state index in [9.17, 15) is 14.7 Å². The van der Waals surface area contributed by atoms with E-state index in [1.54, 1.807) is 49.9 Å². The van der Waals surface area contributed by atoms with Gasteiger partial charge in [0, 0.05) is 40.2 Å². The van der Waals surface area contributed by atoms with Gasteiger partial charge in [0.1, 0.15) is 17.2 Å². The van der Waals surface area contributed by atoms with Crippen LogP contribution in [-0.4, -0.2) is 36.5 Å². The van der Waals surface area contributed by atoms with E-state index in [1.807, 2.05) is 42.7 Å². The average Bonchev–Trinajstić information content (AvgIpc) is 2.89. The number of benzene rings is 3. The fourth-order valence-corrected chi connectivity index (χ4v) is 3.81. The van der Waals surface area contributed by atoms with Gasteiger partial charge < -0.3 is 19.3 Å². The SMILES string of the molecule is C=C(C)C(=O)Oc1ccc(-c2cc(SC)cc(-c3ccc(OC(=O)C(=C)C)cc3)c2OCCCO)cc1. The molecule has 3 aromatic carbocycles. The van der Waals surface area contributed by atoms with Gasteiger partial charge in [-0.15, -0.1) is 11.8 Å². The summed E-state index contributed by atoms with van der Waals surface area (Å²) in [6.45, 7) is 10.8. The Kier molecular flexibility index (Phi) is 9.71. The molecule has 0 amide bonds. The van der Waals surface area contributed by atoms with Gasteiger partial charge in [0.15, 0.2) is 0 Å². The molecular weight excluding hydrogens is 488 g/mol. The molecule has 7 heteroatoms. The quantitative estimate of drug-likeness (QED) is 0.102. The second-order valence-electron chi connectivity index (χ2n) is 8.37. The van der Waals surface area contributed by atoms with E-state index in [0.29, 0.717) is 41.4 Å². The van der Waals surface area contributed by atoms with E-state index in [2.05, 4.69) is 13.2 Å². The molecule has 0 saturated carbocycles. The number of carbonyl (C=O) groups excluding carboxylic acids is 2. The van der Waals surface area contributed by atoms with Crippen molar-refractivity contribution >= 4 is 23.7 Å². The summed E-state index contributed by atoms with van der Waals surface area (Å²) in [5, 5.41) is 9.30. The van der Waals surface area contributed by atoms with Gasteiger partial charge in [0.05, 0.1) is 6.61 Å². The van der Waals surface area contributed by atoms with E-state index < -0.39 is 11.9 Å². The lowest BCUT2D eigenvalue weighted by Crippen LogP contribution is -2.08. The smallest absolute Gasteiger partial charge is 0.338 e. The van der Waals surface area contributed by atoms with Gasteiger partial charge in [-0.3, -0.25) is 0 Å². The lowest BCUT2D eigenvalue weighted by Gasteiger charge is -2.18. The minimum Gasteiger partial charge on any atom is -0.492 e. The van der Waals surface area contributed by atoms with Crippen LogP contribution in [-0.2, 0) is 9.59 Å². The number of ether oxygens (including phenoxy) is 3. The van der Waals surface area contributed by atoms with E-state index in [1.165, 1.54) is 0 Å². The van der Waals surface area contributed by atoms with Gasteiger partial charge in [-0.25, -0.2) is 9.59 Å². The minimum atomic E-state index is -0.482. The van der Waals surface area contributed by atoms with E-state index in [4.69, 9.17) is 14.2 Å². The molecule has 3 rings (SSSR count). The predicted octanol–water partition coefficient (Wildman–Crippen LogP) is 6.47. The molecule has 0 bridgehead atoms. The normalized spacial score (nSPS) is 10.5. The number of aliphatic hydroxyl groups is 1. The molecule has 3 aromatic rings. The first kappa shape index (κ1) is 27.8. The van der Waals surface area contributed by atoms with Crippen LogP contribution in [0.1, 0.15) is 20.3 Å². The molecule has 6 nitrogen and oxygen atoms in total. The minimum absolute atomic E-state index is 0.0130. The Morgan fingerprint density at radius 1 is 0.811 bits per heavy atom. The highest BCUT2D eigenvalue weighted by Gasteiger charge is 2.17. The van der Waals surface area contributed by atoms with Crippen LogP contribution < -0.4 is 14.2 Å². The highest BCUT2D eigenvalue weighted by atomic mass is 32.2. The number of esters is 2. The summed E-state index contributed by atoms with van der Waals surface area (Å²) < 4.78 is 16.9. The molecule has 0 aromatic heterocycles. The van der Waals surface area contributed by atoms with Crippen LogP contribution in [0.15, 0.2) is 89.9 Å². The molecule has 0 spiro atoms. The molecule has 0 heterocycles. The van der Waals surface area contributed by atoms with Crippen molar-refractivity contribution in [3.8, 4) is 39.5 Å². The Balaban J connectivity index is 2.05. The van der Waals surface area contributed by atoms with Crippen molar-refractivity contribution in [1.82, 2.24) is 0 Å². The van der Waals surface area contributed by atoms with E-state index in [-0.39, 0.29) is 6.61 Å². The van der Waals surface area contributed by atoms with E-state index in [0.717, 1.165) is 27.1 Å². The Hall–Kier alpha value is -3.81. The fourth-order valence-electron chi connectivity index (χ4n) is 3.34. The number of hydrogen-bond donors (Lipinski definition) is 1. The molecule has 0 aliphatic heterocycles. The third-order valence-electron chi connectivity index (χ3n) is 5.30. The highest BCUT2D eigenvalue weighted by Crippen LogP contribution is 2.43. The van der Waals surface area contributed by atoms with Crippen molar-refractivity contribution in [2.75, 3.05) is 19.5 Å². The molecule has 0 aliphatic rings. The Labute approximate surface area is 221 Å². The van der Waals surface area contributed by atoms with Crippen molar-refractivity contribution < 1.29 is 28.9 Å². The summed E-state index contributed by atoms with van der Waals surface area (Å²) in [6, 6.07) is 18.4. The van der Waals surface area contributed by atoms with Crippen LogP contribution in [0, 0.1) is 0 Å². The van der Waals surface area contributed by atoms with Gasteiger partial charge in [-0.05, 0) is 67.6 Å². The number of thioether (sulfide) groups is 1. The molecule has 0 aliphatic carbocycles. The maximum Gasteiger partial charge on any atom is 0.338 e. The van der Waals surface area contributed by atoms with Crippen LogP contribution in [0.3, 0.4) is 0 Å². The molecule has 192 valence electrons. The second kappa shape index (κ2) is 12.9. The standard InChI is InChI=1S/C30H30O6S/c1-19(2)29(32)35-23-11-7-21(8-12-23)26-17-25(37-5)18-27(28(26)34-16-6-15-31)22-9-13-24(14-10-22)36-30(33)20(3)4/h7-14,17-18,31H,1,3,6,15-16H2,2,4-5H3. The van der Waals surface area contributed by atoms with Crippen molar-refractivity contribution in [2.45, 2.75) is 25.2 Å². The van der Waals surface area contributed by atoms with Crippen LogP contribution in [0.2, 0.25) is 0 Å². The van der Waals surface area contributed by atoms with Gasteiger partial charge in [-0.2, -0.15) is 0 Å². The summed E-state index contributed by atoms with van der Waals surface area (Å²) in [6.07, 6.45) is 2.48. The maximum atomic E-state index is 11.9. The Bertz CT molecular complexity index is 1200. The molecule has 0 radical (unpaired) electrons. The first-order valence-electron chi connectivity index (χ1n) is 11.7. The van der Waals surface area contributed by atoms with Crippen LogP contribution in [0.5, 0.6) is 17.2 Å². The summed E-state index contributed by atoms with van der Waals surface area (Å²) in [7, 11) is 0. The van der Waals surface area contributed by atoms with E-state index >= 15 is 0 Å². The molecule has 0 fully saturated rings. The monoisotopic (exact) mass is 518 g/mol. The summed E-state index contributed by atoms with van der Waals surface area (Å²) in [5.41, 5.74) is 4.10. The first-order valence-corrected chi connectivity index (χ1v) is 12.9. The van der Waals surface area contributed by atoms with Crippen LogP contribution in [0.4, 0.5) is 0 Å². The van der Waals surface area contributed by atoms with Crippen molar-refractivity contribution in [3.05, 3.63) is 85.0 Å². The van der Waals surface area contributed by atoms with Crippen LogP contribution in [0.25, 0.3) is 22.3 Å². The fraction of sp³-hybridized carbons (Fsp3) is 0.200. The molecule has 37 heavy (non-hydrogen) atoms. The summed E-state index contributed by atoms with van der Waals surface area (Å²) in [4.78, 5) is 24.8. The summed E-state index contributed by atoms with van der Waals surface area (Å²) >= 11 is 1.60. The zero-order valence-electron chi connectivity index (χ0n) is 21.2. The third kappa shape index (κ3) is 7.35. The molecule has 0 atom stereocenters. The average molecular weight is 519 g/mol. The Morgan fingerprint density at radius 2 is 1.24 bits per heavy atom. The molecular formula is C30H30O6S.